The number of amides is 1. The van der Waals surface area contributed by atoms with Crippen LogP contribution in [0.25, 0.3) is 0 Å². The summed E-state index contributed by atoms with van der Waals surface area (Å²) in [6.45, 7) is 4.34. The molecule has 4 N–H and O–H groups in total. The van der Waals surface area contributed by atoms with E-state index in [0.29, 0.717) is 31.7 Å². The molecule has 0 spiro atoms. The van der Waals surface area contributed by atoms with Gasteiger partial charge in [-0.25, -0.2) is 4.79 Å². The molecule has 1 aliphatic rings. The first-order valence-corrected chi connectivity index (χ1v) is 6.31. The van der Waals surface area contributed by atoms with Gasteiger partial charge in [-0.15, -0.1) is 0 Å². The molecule has 0 aromatic heterocycles. The molecule has 1 heterocycles. The fraction of sp³-hybridized carbons (Fsp3) is 0.833. The lowest BCUT2D eigenvalue weighted by Crippen LogP contribution is -2.44. The molecule has 104 valence electrons. The van der Waals surface area contributed by atoms with Crippen molar-refractivity contribution in [1.82, 2.24) is 5.32 Å². The normalized spacial score (nSPS) is 25.1. The molecule has 0 aliphatic carbocycles. The number of hydrogen-bond donors (Lipinski definition) is 3. The van der Waals surface area contributed by atoms with Gasteiger partial charge in [-0.2, -0.15) is 0 Å². The average Bonchev–Trinajstić information content (AvgIpc) is 2.73. The molecule has 0 bridgehead atoms. The number of ether oxygens (including phenoxy) is 1. The number of aliphatic carboxylic acids is 1. The second-order valence-electron chi connectivity index (χ2n) is 5.14. The summed E-state index contributed by atoms with van der Waals surface area (Å²) in [7, 11) is 0. The largest absolute Gasteiger partial charge is 0.479 e. The Morgan fingerprint density at radius 1 is 1.44 bits per heavy atom. The minimum atomic E-state index is -0.944. The fourth-order valence-electron chi connectivity index (χ4n) is 2.00. The van der Waals surface area contributed by atoms with E-state index in [-0.39, 0.29) is 12.0 Å². The van der Waals surface area contributed by atoms with E-state index >= 15 is 0 Å². The number of carboxylic acids is 1. The number of carbonyl (C=O) groups is 2. The fourth-order valence-corrected chi connectivity index (χ4v) is 2.00. The molecule has 18 heavy (non-hydrogen) atoms. The Hall–Kier alpha value is -1.14. The van der Waals surface area contributed by atoms with Crippen LogP contribution in [0.3, 0.4) is 0 Å². The van der Waals surface area contributed by atoms with E-state index in [4.69, 9.17) is 15.6 Å². The molecule has 2 unspecified atom stereocenters. The molecule has 0 aromatic carbocycles. The maximum absolute atomic E-state index is 11.6. The minimum Gasteiger partial charge on any atom is -0.479 e. The molecule has 3 atom stereocenters. The van der Waals surface area contributed by atoms with Crippen LogP contribution in [0.5, 0.6) is 0 Å². The second-order valence-corrected chi connectivity index (χ2v) is 5.14. The third kappa shape index (κ3) is 4.62. The molecule has 0 saturated carbocycles. The van der Waals surface area contributed by atoms with E-state index < -0.39 is 18.1 Å². The van der Waals surface area contributed by atoms with Crippen LogP contribution in [0.2, 0.25) is 0 Å². The molecule has 1 saturated heterocycles. The summed E-state index contributed by atoms with van der Waals surface area (Å²) in [5.74, 6) is -0.781. The predicted molar refractivity (Wildman–Crippen MR) is 66.0 cm³/mol. The molecular formula is C12H22N2O4. The van der Waals surface area contributed by atoms with Crippen LogP contribution in [-0.2, 0) is 14.3 Å². The smallest absolute Gasteiger partial charge is 0.332 e. The molecule has 1 rings (SSSR count). The first kappa shape index (κ1) is 14.9. The number of nitrogens with two attached hydrogens (primary N) is 1. The topological polar surface area (TPSA) is 102 Å². The van der Waals surface area contributed by atoms with Crippen LogP contribution in [-0.4, -0.2) is 41.8 Å². The number of hydrogen-bond acceptors (Lipinski definition) is 4. The van der Waals surface area contributed by atoms with Crippen molar-refractivity contribution in [3.63, 3.8) is 0 Å². The van der Waals surface area contributed by atoms with E-state index in [1.807, 2.05) is 13.8 Å². The number of carboxylic acid groups (broad SMARTS) is 1. The van der Waals surface area contributed by atoms with Gasteiger partial charge in [-0.05, 0) is 25.2 Å². The first-order chi connectivity index (χ1) is 8.40. The van der Waals surface area contributed by atoms with Crippen LogP contribution < -0.4 is 11.1 Å². The van der Waals surface area contributed by atoms with Crippen molar-refractivity contribution in [3.05, 3.63) is 0 Å². The highest BCUT2D eigenvalue weighted by molar-refractivity contribution is 5.81. The van der Waals surface area contributed by atoms with Gasteiger partial charge in [0, 0.05) is 6.54 Å². The molecule has 6 nitrogen and oxygen atoms in total. The van der Waals surface area contributed by atoms with Crippen molar-refractivity contribution in [3.8, 4) is 0 Å². The van der Waals surface area contributed by atoms with Gasteiger partial charge in [0.15, 0.2) is 6.10 Å². The highest BCUT2D eigenvalue weighted by Crippen LogP contribution is 2.19. The maximum Gasteiger partial charge on any atom is 0.332 e. The molecule has 0 aromatic rings. The van der Waals surface area contributed by atoms with E-state index in [1.165, 1.54) is 0 Å². The molecule has 1 aliphatic heterocycles. The van der Waals surface area contributed by atoms with Crippen LogP contribution in [0.1, 0.15) is 33.1 Å². The van der Waals surface area contributed by atoms with Gasteiger partial charge in [0.25, 0.3) is 0 Å². The van der Waals surface area contributed by atoms with Crippen molar-refractivity contribution in [2.24, 2.45) is 11.7 Å². The lowest BCUT2D eigenvalue weighted by molar-refractivity contribution is -0.149. The Morgan fingerprint density at radius 3 is 2.61 bits per heavy atom. The van der Waals surface area contributed by atoms with E-state index in [9.17, 15) is 9.59 Å². The third-order valence-corrected chi connectivity index (χ3v) is 2.95. The van der Waals surface area contributed by atoms with E-state index in [1.54, 1.807) is 0 Å². The number of rotatable bonds is 6. The zero-order valence-electron chi connectivity index (χ0n) is 10.9. The van der Waals surface area contributed by atoms with Gasteiger partial charge in [0.05, 0.1) is 12.1 Å². The Kier molecular flexibility index (Phi) is 5.55. The second kappa shape index (κ2) is 6.70. The SMILES string of the molecule is CC(C)C[C@@H](N)C(=O)NCC1CCC(C(=O)O)O1. The zero-order valence-corrected chi connectivity index (χ0v) is 10.9. The summed E-state index contributed by atoms with van der Waals surface area (Å²) in [5.41, 5.74) is 5.73. The zero-order chi connectivity index (χ0) is 13.7. The highest BCUT2D eigenvalue weighted by Gasteiger charge is 2.30. The third-order valence-electron chi connectivity index (χ3n) is 2.95. The molecular weight excluding hydrogens is 236 g/mol. The summed E-state index contributed by atoms with van der Waals surface area (Å²) in [5, 5.41) is 11.5. The molecule has 1 amide bonds. The van der Waals surface area contributed by atoms with Crippen molar-refractivity contribution < 1.29 is 19.4 Å². The molecule has 6 heteroatoms. The number of nitrogens with one attached hydrogen (secondary N) is 1. The molecule has 0 radical (unpaired) electrons. The van der Waals surface area contributed by atoms with Crippen LogP contribution in [0.15, 0.2) is 0 Å². The van der Waals surface area contributed by atoms with E-state index in [0.717, 1.165) is 0 Å². The van der Waals surface area contributed by atoms with Crippen molar-refractivity contribution in [2.45, 2.75) is 51.4 Å². The minimum absolute atomic E-state index is 0.203. The van der Waals surface area contributed by atoms with Gasteiger partial charge < -0.3 is 20.9 Å². The summed E-state index contributed by atoms with van der Waals surface area (Å²) < 4.78 is 5.28. The lowest BCUT2D eigenvalue weighted by Gasteiger charge is -2.16. The Morgan fingerprint density at radius 2 is 2.11 bits per heavy atom. The Balaban J connectivity index is 2.25. The van der Waals surface area contributed by atoms with Gasteiger partial charge >= 0.3 is 5.97 Å². The van der Waals surface area contributed by atoms with Crippen LogP contribution >= 0.6 is 0 Å². The Bertz CT molecular complexity index is 306. The van der Waals surface area contributed by atoms with Crippen molar-refractivity contribution in [1.29, 1.82) is 0 Å². The maximum atomic E-state index is 11.6. The Labute approximate surface area is 107 Å². The first-order valence-electron chi connectivity index (χ1n) is 6.31. The summed E-state index contributed by atoms with van der Waals surface area (Å²) >= 11 is 0. The van der Waals surface area contributed by atoms with Crippen LogP contribution in [0.4, 0.5) is 0 Å². The average molecular weight is 258 g/mol. The summed E-state index contributed by atoms with van der Waals surface area (Å²) in [6, 6.07) is -0.512. The highest BCUT2D eigenvalue weighted by atomic mass is 16.5. The standard InChI is InChI=1S/C12H22N2O4/c1-7(2)5-9(13)11(15)14-6-8-3-4-10(18-8)12(16)17/h7-10H,3-6,13H2,1-2H3,(H,14,15)(H,16,17)/t8?,9-,10?/m1/s1. The number of carbonyl (C=O) groups excluding carboxylic acids is 1. The summed E-state index contributed by atoms with van der Waals surface area (Å²) in [6.07, 6.45) is 0.817. The van der Waals surface area contributed by atoms with Gasteiger partial charge in [-0.1, -0.05) is 13.8 Å². The summed E-state index contributed by atoms with van der Waals surface area (Å²) in [4.78, 5) is 22.3. The van der Waals surface area contributed by atoms with Crippen molar-refractivity contribution in [2.75, 3.05) is 6.54 Å². The van der Waals surface area contributed by atoms with Gasteiger partial charge in [0.1, 0.15) is 0 Å². The molecule has 1 fully saturated rings. The van der Waals surface area contributed by atoms with Crippen molar-refractivity contribution >= 4 is 11.9 Å². The predicted octanol–water partition coefficient (Wildman–Crippen LogP) is 0.108. The lowest BCUT2D eigenvalue weighted by atomic mass is 10.0. The monoisotopic (exact) mass is 258 g/mol. The van der Waals surface area contributed by atoms with Gasteiger partial charge in [-0.3, -0.25) is 4.79 Å². The van der Waals surface area contributed by atoms with E-state index in [2.05, 4.69) is 5.32 Å². The quantitative estimate of drug-likeness (QED) is 0.627. The van der Waals surface area contributed by atoms with Gasteiger partial charge in [0.2, 0.25) is 5.91 Å². The van der Waals surface area contributed by atoms with Crippen LogP contribution in [0, 0.1) is 5.92 Å².